The Bertz CT molecular complexity index is 287. The summed E-state index contributed by atoms with van der Waals surface area (Å²) in [6.45, 7) is 4.18. The van der Waals surface area contributed by atoms with Gasteiger partial charge in [-0.05, 0) is 35.3 Å². The van der Waals surface area contributed by atoms with E-state index in [1.54, 1.807) is 17.8 Å². The molecule has 0 bridgehead atoms. The van der Waals surface area contributed by atoms with Gasteiger partial charge in [0, 0.05) is 4.90 Å². The van der Waals surface area contributed by atoms with E-state index < -0.39 is 7.12 Å². The summed E-state index contributed by atoms with van der Waals surface area (Å²) in [6.07, 6.45) is 1.98. The third-order valence-electron chi connectivity index (χ3n) is 2.15. The van der Waals surface area contributed by atoms with Crippen LogP contribution in [0.3, 0.4) is 0 Å². The van der Waals surface area contributed by atoms with Gasteiger partial charge in [0.1, 0.15) is 0 Å². The molecular weight excluding hydrogens is 195 g/mol. The zero-order valence-corrected chi connectivity index (χ0v) is 9.51. The molecule has 1 aromatic rings. The van der Waals surface area contributed by atoms with Crippen LogP contribution in [-0.2, 0) is 0 Å². The van der Waals surface area contributed by atoms with Gasteiger partial charge < -0.3 is 10.0 Å². The molecule has 1 rings (SSSR count). The minimum atomic E-state index is -1.38. The van der Waals surface area contributed by atoms with E-state index in [1.165, 1.54) is 0 Å². The molecule has 0 spiro atoms. The molecule has 0 saturated heterocycles. The Labute approximate surface area is 89.5 Å². The summed E-state index contributed by atoms with van der Waals surface area (Å²) in [6, 6.07) is 5.73. The summed E-state index contributed by atoms with van der Waals surface area (Å²) in [5, 5.41) is 18.2. The van der Waals surface area contributed by atoms with Crippen LogP contribution in [0.15, 0.2) is 23.1 Å². The van der Waals surface area contributed by atoms with Crippen LogP contribution >= 0.6 is 11.8 Å². The summed E-state index contributed by atoms with van der Waals surface area (Å²) < 4.78 is 0. The lowest BCUT2D eigenvalue weighted by Gasteiger charge is -2.10. The minimum absolute atomic E-state index is 0.402. The zero-order chi connectivity index (χ0) is 10.7. The fourth-order valence-electron chi connectivity index (χ4n) is 1.25. The summed E-state index contributed by atoms with van der Waals surface area (Å²) >= 11 is 1.61. The standard InChI is InChI=1S/C10H15BO2S/c1-7(2)8-4-9(11(12)13)6-10(5-8)14-3/h4-7,12-13H,1-3H3. The molecule has 0 radical (unpaired) electrons. The van der Waals surface area contributed by atoms with Crippen molar-refractivity contribution in [3.05, 3.63) is 23.8 Å². The van der Waals surface area contributed by atoms with Crippen LogP contribution in [-0.4, -0.2) is 23.4 Å². The van der Waals surface area contributed by atoms with E-state index in [0.29, 0.717) is 11.4 Å². The van der Waals surface area contributed by atoms with E-state index in [0.717, 1.165) is 10.5 Å². The van der Waals surface area contributed by atoms with Crippen LogP contribution in [0.2, 0.25) is 0 Å². The van der Waals surface area contributed by atoms with E-state index >= 15 is 0 Å². The molecule has 1 aromatic carbocycles. The molecule has 2 N–H and O–H groups in total. The lowest BCUT2D eigenvalue weighted by Crippen LogP contribution is -2.30. The first-order valence-electron chi connectivity index (χ1n) is 4.59. The predicted molar refractivity (Wildman–Crippen MR) is 62.1 cm³/mol. The topological polar surface area (TPSA) is 40.5 Å². The molecule has 4 heteroatoms. The first-order valence-corrected chi connectivity index (χ1v) is 5.82. The van der Waals surface area contributed by atoms with E-state index in [9.17, 15) is 0 Å². The maximum absolute atomic E-state index is 9.10. The van der Waals surface area contributed by atoms with Gasteiger partial charge in [0.05, 0.1) is 0 Å². The Balaban J connectivity index is 3.13. The third-order valence-corrected chi connectivity index (χ3v) is 2.86. The Morgan fingerprint density at radius 2 is 1.86 bits per heavy atom. The second-order valence-corrected chi connectivity index (χ2v) is 4.45. The molecular formula is C10H15BO2S. The fourth-order valence-corrected chi connectivity index (χ4v) is 1.75. The molecule has 0 amide bonds. The van der Waals surface area contributed by atoms with Gasteiger partial charge in [-0.2, -0.15) is 0 Å². The van der Waals surface area contributed by atoms with E-state index in [4.69, 9.17) is 10.0 Å². The average molecular weight is 210 g/mol. The highest BCUT2D eigenvalue weighted by Gasteiger charge is 2.13. The molecule has 14 heavy (non-hydrogen) atoms. The quantitative estimate of drug-likeness (QED) is 0.582. The SMILES string of the molecule is CSc1cc(B(O)O)cc(C(C)C)c1. The monoisotopic (exact) mass is 210 g/mol. The first kappa shape index (κ1) is 11.6. The van der Waals surface area contributed by atoms with E-state index in [2.05, 4.69) is 19.9 Å². The number of rotatable bonds is 3. The van der Waals surface area contributed by atoms with Crippen molar-refractivity contribution < 1.29 is 10.0 Å². The van der Waals surface area contributed by atoms with Crippen molar-refractivity contribution in [3.63, 3.8) is 0 Å². The van der Waals surface area contributed by atoms with Gasteiger partial charge in [-0.25, -0.2) is 0 Å². The van der Waals surface area contributed by atoms with Crippen LogP contribution < -0.4 is 5.46 Å². The van der Waals surface area contributed by atoms with Crippen molar-refractivity contribution >= 4 is 24.3 Å². The molecule has 0 atom stereocenters. The minimum Gasteiger partial charge on any atom is -0.423 e. The van der Waals surface area contributed by atoms with Gasteiger partial charge in [0.25, 0.3) is 0 Å². The molecule has 0 fully saturated rings. The lowest BCUT2D eigenvalue weighted by molar-refractivity contribution is 0.425. The van der Waals surface area contributed by atoms with Crippen molar-refractivity contribution in [2.24, 2.45) is 0 Å². The van der Waals surface area contributed by atoms with Crippen LogP contribution in [0.5, 0.6) is 0 Å². The summed E-state index contributed by atoms with van der Waals surface area (Å²) in [7, 11) is -1.38. The van der Waals surface area contributed by atoms with Gasteiger partial charge in [-0.1, -0.05) is 19.9 Å². The van der Waals surface area contributed by atoms with Crippen molar-refractivity contribution in [2.45, 2.75) is 24.7 Å². The number of benzene rings is 1. The Hall–Kier alpha value is -0.445. The van der Waals surface area contributed by atoms with Gasteiger partial charge in [0.2, 0.25) is 0 Å². The van der Waals surface area contributed by atoms with E-state index in [-0.39, 0.29) is 0 Å². The molecule has 0 aromatic heterocycles. The molecule has 76 valence electrons. The maximum Gasteiger partial charge on any atom is 0.488 e. The molecule has 2 nitrogen and oxygen atoms in total. The first-order chi connectivity index (χ1) is 6.54. The molecule has 0 aliphatic rings. The second-order valence-electron chi connectivity index (χ2n) is 3.57. The predicted octanol–water partition coefficient (Wildman–Crippen LogP) is 1.21. The molecule has 0 heterocycles. The second kappa shape index (κ2) is 4.87. The van der Waals surface area contributed by atoms with Crippen molar-refractivity contribution in [1.82, 2.24) is 0 Å². The molecule has 0 aliphatic carbocycles. The average Bonchev–Trinajstić information content (AvgIpc) is 2.16. The van der Waals surface area contributed by atoms with Crippen LogP contribution in [0.25, 0.3) is 0 Å². The number of hydrogen-bond acceptors (Lipinski definition) is 3. The summed E-state index contributed by atoms with van der Waals surface area (Å²) in [5.41, 5.74) is 1.71. The largest absolute Gasteiger partial charge is 0.488 e. The molecule has 0 saturated carbocycles. The van der Waals surface area contributed by atoms with Gasteiger partial charge in [0.15, 0.2) is 0 Å². The smallest absolute Gasteiger partial charge is 0.423 e. The highest BCUT2D eigenvalue weighted by atomic mass is 32.2. The Morgan fingerprint density at radius 1 is 1.21 bits per heavy atom. The highest BCUT2D eigenvalue weighted by molar-refractivity contribution is 7.98. The third kappa shape index (κ3) is 2.77. The van der Waals surface area contributed by atoms with Crippen LogP contribution in [0.4, 0.5) is 0 Å². The normalized spacial score (nSPS) is 10.7. The van der Waals surface area contributed by atoms with Gasteiger partial charge in [-0.15, -0.1) is 11.8 Å². The molecule has 0 aliphatic heterocycles. The fraction of sp³-hybridized carbons (Fsp3) is 0.400. The lowest BCUT2D eigenvalue weighted by atomic mass is 9.79. The number of hydrogen-bond donors (Lipinski definition) is 2. The van der Waals surface area contributed by atoms with E-state index in [1.807, 2.05) is 12.3 Å². The van der Waals surface area contributed by atoms with Crippen molar-refractivity contribution in [2.75, 3.05) is 6.26 Å². The van der Waals surface area contributed by atoms with Crippen molar-refractivity contribution in [1.29, 1.82) is 0 Å². The highest BCUT2D eigenvalue weighted by Crippen LogP contribution is 2.20. The molecule has 0 unspecified atom stereocenters. The van der Waals surface area contributed by atoms with Gasteiger partial charge in [-0.3, -0.25) is 0 Å². The van der Waals surface area contributed by atoms with Crippen LogP contribution in [0.1, 0.15) is 25.3 Å². The maximum atomic E-state index is 9.10. The van der Waals surface area contributed by atoms with Gasteiger partial charge >= 0.3 is 7.12 Å². The van der Waals surface area contributed by atoms with Crippen LogP contribution in [0, 0.1) is 0 Å². The summed E-state index contributed by atoms with van der Waals surface area (Å²) in [5.74, 6) is 0.402. The number of thioether (sulfide) groups is 1. The zero-order valence-electron chi connectivity index (χ0n) is 8.69. The Kier molecular flexibility index (Phi) is 4.04. The van der Waals surface area contributed by atoms with Crippen molar-refractivity contribution in [3.8, 4) is 0 Å². The summed E-state index contributed by atoms with van der Waals surface area (Å²) in [4.78, 5) is 1.07. The Morgan fingerprint density at radius 3 is 2.29 bits per heavy atom.